The summed E-state index contributed by atoms with van der Waals surface area (Å²) in [6.45, 7) is 4.94. The highest BCUT2D eigenvalue weighted by molar-refractivity contribution is 5.55. The maximum absolute atomic E-state index is 6.00. The Morgan fingerprint density at radius 1 is 1.24 bits per heavy atom. The van der Waals surface area contributed by atoms with Gasteiger partial charge in [0.05, 0.1) is 0 Å². The third kappa shape index (κ3) is 3.32. The van der Waals surface area contributed by atoms with Crippen LogP contribution in [0.2, 0.25) is 0 Å². The number of nitrogen functional groups attached to an aromatic ring is 1. The number of anilines is 2. The van der Waals surface area contributed by atoms with Gasteiger partial charge in [0.2, 0.25) is 0 Å². The van der Waals surface area contributed by atoms with Crippen LogP contribution in [0.5, 0.6) is 0 Å². The minimum Gasteiger partial charge on any atom is -0.383 e. The Labute approximate surface area is 125 Å². The second-order valence-electron chi connectivity index (χ2n) is 5.88. The van der Waals surface area contributed by atoms with E-state index < -0.39 is 0 Å². The minimum atomic E-state index is 0.519. The van der Waals surface area contributed by atoms with Crippen molar-refractivity contribution in [3.63, 3.8) is 0 Å². The summed E-state index contributed by atoms with van der Waals surface area (Å²) in [6.07, 6.45) is 3.35. The summed E-state index contributed by atoms with van der Waals surface area (Å²) in [5.41, 5.74) is 9.58. The molecular formula is C17H22N4. The van der Waals surface area contributed by atoms with E-state index in [0.717, 1.165) is 30.2 Å². The first-order valence-electron chi connectivity index (χ1n) is 7.57. The second kappa shape index (κ2) is 5.72. The molecule has 3 rings (SSSR count). The van der Waals surface area contributed by atoms with Crippen LogP contribution in [-0.2, 0) is 6.42 Å². The van der Waals surface area contributed by atoms with Crippen molar-refractivity contribution in [3.8, 4) is 0 Å². The number of hydrogen-bond donors (Lipinski definition) is 2. The van der Waals surface area contributed by atoms with Crippen molar-refractivity contribution in [2.45, 2.75) is 39.0 Å². The average molecular weight is 282 g/mol. The lowest BCUT2D eigenvalue weighted by molar-refractivity contribution is 0.911. The molecule has 0 aliphatic heterocycles. The number of rotatable bonds is 5. The van der Waals surface area contributed by atoms with Crippen LogP contribution in [0, 0.1) is 13.8 Å². The maximum Gasteiger partial charge on any atom is 0.136 e. The lowest BCUT2D eigenvalue weighted by Gasteiger charge is -2.12. The summed E-state index contributed by atoms with van der Waals surface area (Å²) in [5.74, 6) is 2.91. The number of benzene rings is 1. The van der Waals surface area contributed by atoms with Crippen molar-refractivity contribution in [3.05, 3.63) is 46.8 Å². The number of nitrogens with one attached hydrogen (secondary N) is 1. The lowest BCUT2D eigenvalue weighted by atomic mass is 10.1. The normalized spacial score (nSPS) is 14.2. The van der Waals surface area contributed by atoms with Gasteiger partial charge in [-0.3, -0.25) is 0 Å². The van der Waals surface area contributed by atoms with Gasteiger partial charge in [0.15, 0.2) is 0 Å². The molecule has 0 amide bonds. The molecule has 0 radical (unpaired) electrons. The quantitative estimate of drug-likeness (QED) is 0.884. The Bertz CT molecular complexity index is 647. The number of aryl methyl sites for hydroxylation is 1. The van der Waals surface area contributed by atoms with Crippen LogP contribution in [0.1, 0.15) is 41.3 Å². The molecule has 1 saturated carbocycles. The third-order valence-electron chi connectivity index (χ3n) is 3.93. The standard InChI is InChI=1S/C17H22N4/c1-11-4-3-5-13(10-11)8-9-19-16-12(2)15(18)20-17(21-16)14-6-7-14/h3-5,10,14H,6-9H2,1-2H3,(H3,18,19,20,21). The molecule has 1 fully saturated rings. The van der Waals surface area contributed by atoms with E-state index in [-0.39, 0.29) is 0 Å². The maximum atomic E-state index is 6.00. The smallest absolute Gasteiger partial charge is 0.136 e. The summed E-state index contributed by atoms with van der Waals surface area (Å²) >= 11 is 0. The van der Waals surface area contributed by atoms with E-state index in [1.807, 2.05) is 6.92 Å². The molecule has 0 unspecified atom stereocenters. The van der Waals surface area contributed by atoms with Crippen LogP contribution in [0.15, 0.2) is 24.3 Å². The summed E-state index contributed by atoms with van der Waals surface area (Å²) in [7, 11) is 0. The van der Waals surface area contributed by atoms with Crippen molar-refractivity contribution < 1.29 is 0 Å². The van der Waals surface area contributed by atoms with Crippen molar-refractivity contribution >= 4 is 11.6 Å². The molecule has 1 heterocycles. The van der Waals surface area contributed by atoms with Crippen LogP contribution in [0.3, 0.4) is 0 Å². The van der Waals surface area contributed by atoms with E-state index in [2.05, 4.69) is 46.5 Å². The average Bonchev–Trinajstić information content (AvgIpc) is 3.28. The summed E-state index contributed by atoms with van der Waals surface area (Å²) < 4.78 is 0. The molecule has 1 aromatic carbocycles. The fourth-order valence-corrected chi connectivity index (χ4v) is 2.44. The Morgan fingerprint density at radius 3 is 2.76 bits per heavy atom. The first-order valence-corrected chi connectivity index (χ1v) is 7.57. The molecule has 1 aromatic heterocycles. The minimum absolute atomic E-state index is 0.519. The number of aromatic nitrogens is 2. The fourth-order valence-electron chi connectivity index (χ4n) is 2.44. The van der Waals surface area contributed by atoms with Crippen LogP contribution >= 0.6 is 0 Å². The van der Waals surface area contributed by atoms with Gasteiger partial charge in [-0.15, -0.1) is 0 Å². The molecule has 0 atom stereocenters. The van der Waals surface area contributed by atoms with Crippen LogP contribution in [0.4, 0.5) is 11.6 Å². The van der Waals surface area contributed by atoms with E-state index in [0.29, 0.717) is 11.7 Å². The summed E-state index contributed by atoms with van der Waals surface area (Å²) in [4.78, 5) is 9.04. The van der Waals surface area contributed by atoms with Crippen molar-refractivity contribution in [2.75, 3.05) is 17.6 Å². The van der Waals surface area contributed by atoms with Crippen LogP contribution in [0.25, 0.3) is 0 Å². The zero-order chi connectivity index (χ0) is 14.8. The van der Waals surface area contributed by atoms with Gasteiger partial charge in [0.25, 0.3) is 0 Å². The Balaban J connectivity index is 1.67. The highest BCUT2D eigenvalue weighted by Gasteiger charge is 2.27. The second-order valence-corrected chi connectivity index (χ2v) is 5.88. The highest BCUT2D eigenvalue weighted by atomic mass is 15.1. The molecule has 1 aliphatic carbocycles. The summed E-state index contributed by atoms with van der Waals surface area (Å²) in [5, 5.41) is 3.41. The largest absolute Gasteiger partial charge is 0.383 e. The van der Waals surface area contributed by atoms with Crippen LogP contribution < -0.4 is 11.1 Å². The molecule has 21 heavy (non-hydrogen) atoms. The Morgan fingerprint density at radius 2 is 2.05 bits per heavy atom. The number of nitrogens with zero attached hydrogens (tertiary/aromatic N) is 2. The molecule has 110 valence electrons. The van der Waals surface area contributed by atoms with E-state index >= 15 is 0 Å². The first-order chi connectivity index (χ1) is 10.1. The van der Waals surface area contributed by atoms with E-state index in [9.17, 15) is 0 Å². The first kappa shape index (κ1) is 13.9. The van der Waals surface area contributed by atoms with Gasteiger partial charge in [-0.1, -0.05) is 29.8 Å². The third-order valence-corrected chi connectivity index (χ3v) is 3.93. The zero-order valence-electron chi connectivity index (χ0n) is 12.7. The zero-order valence-corrected chi connectivity index (χ0v) is 12.7. The predicted molar refractivity (Wildman–Crippen MR) is 86.5 cm³/mol. The topological polar surface area (TPSA) is 63.8 Å². The molecule has 2 aromatic rings. The Hall–Kier alpha value is -2.10. The monoisotopic (exact) mass is 282 g/mol. The van der Waals surface area contributed by atoms with Gasteiger partial charge in [-0.05, 0) is 38.7 Å². The molecule has 0 saturated heterocycles. The van der Waals surface area contributed by atoms with Crippen molar-refractivity contribution in [2.24, 2.45) is 0 Å². The molecule has 0 spiro atoms. The molecular weight excluding hydrogens is 260 g/mol. The number of nitrogens with two attached hydrogens (primary N) is 1. The van der Waals surface area contributed by atoms with Gasteiger partial charge in [0.1, 0.15) is 17.5 Å². The fraction of sp³-hybridized carbons (Fsp3) is 0.412. The predicted octanol–water partition coefficient (Wildman–Crippen LogP) is 3.21. The van der Waals surface area contributed by atoms with E-state index in [4.69, 9.17) is 5.73 Å². The van der Waals surface area contributed by atoms with E-state index in [1.165, 1.54) is 24.0 Å². The number of hydrogen-bond acceptors (Lipinski definition) is 4. The van der Waals surface area contributed by atoms with Crippen LogP contribution in [-0.4, -0.2) is 16.5 Å². The van der Waals surface area contributed by atoms with Gasteiger partial charge < -0.3 is 11.1 Å². The van der Waals surface area contributed by atoms with Gasteiger partial charge in [0, 0.05) is 18.0 Å². The SMILES string of the molecule is Cc1cccc(CCNc2nc(C3CC3)nc(N)c2C)c1. The van der Waals surface area contributed by atoms with Gasteiger partial charge >= 0.3 is 0 Å². The molecule has 4 nitrogen and oxygen atoms in total. The highest BCUT2D eigenvalue weighted by Crippen LogP contribution is 2.39. The van der Waals surface area contributed by atoms with Crippen molar-refractivity contribution in [1.82, 2.24) is 9.97 Å². The molecule has 3 N–H and O–H groups in total. The Kier molecular flexibility index (Phi) is 3.78. The molecule has 4 heteroatoms. The van der Waals surface area contributed by atoms with Crippen molar-refractivity contribution in [1.29, 1.82) is 0 Å². The lowest BCUT2D eigenvalue weighted by Crippen LogP contribution is -2.11. The van der Waals surface area contributed by atoms with E-state index in [1.54, 1.807) is 0 Å². The molecule has 0 bridgehead atoms. The van der Waals surface area contributed by atoms with Gasteiger partial charge in [-0.2, -0.15) is 0 Å². The van der Waals surface area contributed by atoms with Gasteiger partial charge in [-0.25, -0.2) is 9.97 Å². The molecule has 1 aliphatic rings. The summed E-state index contributed by atoms with van der Waals surface area (Å²) in [6, 6.07) is 8.60.